The molecule has 2 aromatic carbocycles. The maximum absolute atomic E-state index is 12.8. The number of methoxy groups -OCH3 is 1. The summed E-state index contributed by atoms with van der Waals surface area (Å²) in [6.07, 6.45) is 0. The largest absolute Gasteiger partial charge is 0.497 e. The Hall–Kier alpha value is -3.11. The van der Waals surface area contributed by atoms with Crippen LogP contribution in [0.15, 0.2) is 53.4 Å². The second kappa shape index (κ2) is 10.0. The molecule has 172 valence electrons. The van der Waals surface area contributed by atoms with Crippen molar-refractivity contribution in [3.05, 3.63) is 48.5 Å². The third kappa shape index (κ3) is 5.77. The quantitative estimate of drug-likeness (QED) is 0.651. The maximum atomic E-state index is 12.8. The summed E-state index contributed by atoms with van der Waals surface area (Å²) < 4.78 is 33.1. The lowest BCUT2D eigenvalue weighted by Gasteiger charge is -2.37. The highest BCUT2D eigenvalue weighted by Gasteiger charge is 2.28. The van der Waals surface area contributed by atoms with Crippen molar-refractivity contribution in [1.29, 1.82) is 0 Å². The van der Waals surface area contributed by atoms with Gasteiger partial charge in [0.25, 0.3) is 0 Å². The summed E-state index contributed by atoms with van der Waals surface area (Å²) in [6, 6.07) is 12.6. The average molecular weight is 461 g/mol. The van der Waals surface area contributed by atoms with E-state index >= 15 is 0 Å². The number of carbonyl (C=O) groups excluding carboxylic acids is 2. The van der Waals surface area contributed by atoms with Crippen LogP contribution in [0.25, 0.3) is 0 Å². The van der Waals surface area contributed by atoms with E-state index in [0.717, 1.165) is 11.4 Å². The molecule has 1 fully saturated rings. The van der Waals surface area contributed by atoms with Crippen LogP contribution >= 0.6 is 0 Å². The van der Waals surface area contributed by atoms with E-state index in [4.69, 9.17) is 4.74 Å². The molecule has 10 heteroatoms. The van der Waals surface area contributed by atoms with Gasteiger partial charge in [-0.25, -0.2) is 8.42 Å². The molecule has 3 rings (SSSR count). The number of nitrogens with one attached hydrogen (secondary N) is 2. The zero-order valence-corrected chi connectivity index (χ0v) is 19.2. The Morgan fingerprint density at radius 3 is 2.28 bits per heavy atom. The summed E-state index contributed by atoms with van der Waals surface area (Å²) in [5.74, 6) is 0.257. The Kier molecular flexibility index (Phi) is 7.37. The number of rotatable bonds is 7. The van der Waals surface area contributed by atoms with Gasteiger partial charge in [-0.3, -0.25) is 9.59 Å². The van der Waals surface area contributed by atoms with E-state index in [1.807, 2.05) is 24.3 Å². The smallest absolute Gasteiger partial charge is 0.241 e. The fourth-order valence-electron chi connectivity index (χ4n) is 3.54. The number of piperazine rings is 1. The monoisotopic (exact) mass is 460 g/mol. The van der Waals surface area contributed by atoms with Crippen molar-refractivity contribution < 1.29 is 22.7 Å². The lowest BCUT2D eigenvalue weighted by Crippen LogP contribution is -2.54. The minimum absolute atomic E-state index is 0.0223. The summed E-state index contributed by atoms with van der Waals surface area (Å²) in [5, 5.41) is 2.58. The third-order valence-corrected chi connectivity index (χ3v) is 6.75. The zero-order chi connectivity index (χ0) is 23.3. The minimum Gasteiger partial charge on any atom is -0.497 e. The summed E-state index contributed by atoms with van der Waals surface area (Å²) in [4.78, 5) is 27.8. The first-order chi connectivity index (χ1) is 15.2. The molecule has 0 bridgehead atoms. The van der Waals surface area contributed by atoms with Gasteiger partial charge in [-0.05, 0) is 43.3 Å². The standard InChI is InChI=1S/C22H28N4O5S/c1-16(24-32(29,30)21-9-7-18(8-10-21)23-17(2)27)22(28)26-13-11-25(12-14-26)19-5-4-6-20(15-19)31-3/h4-10,15-16,24H,11-14H2,1-3H3,(H,23,27). The van der Waals surface area contributed by atoms with Crippen molar-refractivity contribution in [3.63, 3.8) is 0 Å². The number of sulfonamides is 1. The molecular formula is C22H28N4O5S. The van der Waals surface area contributed by atoms with Gasteiger partial charge < -0.3 is 19.9 Å². The van der Waals surface area contributed by atoms with Gasteiger partial charge in [0.15, 0.2) is 0 Å². The molecule has 1 saturated heterocycles. The average Bonchev–Trinajstić information content (AvgIpc) is 2.78. The van der Waals surface area contributed by atoms with Gasteiger partial charge in [-0.15, -0.1) is 0 Å². The maximum Gasteiger partial charge on any atom is 0.241 e. The highest BCUT2D eigenvalue weighted by Crippen LogP contribution is 2.22. The SMILES string of the molecule is COc1cccc(N2CCN(C(=O)C(C)NS(=O)(=O)c3ccc(NC(C)=O)cc3)CC2)c1. The summed E-state index contributed by atoms with van der Waals surface area (Å²) in [7, 11) is -2.26. The van der Waals surface area contributed by atoms with Crippen LogP contribution in [0.5, 0.6) is 5.75 Å². The molecule has 2 amide bonds. The van der Waals surface area contributed by atoms with Crippen molar-refractivity contribution in [3.8, 4) is 5.75 Å². The molecule has 2 aromatic rings. The van der Waals surface area contributed by atoms with Crippen molar-refractivity contribution >= 4 is 33.2 Å². The lowest BCUT2D eigenvalue weighted by atomic mass is 10.2. The van der Waals surface area contributed by atoms with Crippen LogP contribution in [0, 0.1) is 0 Å². The zero-order valence-electron chi connectivity index (χ0n) is 18.4. The number of anilines is 2. The summed E-state index contributed by atoms with van der Waals surface area (Å²) in [5.41, 5.74) is 1.52. The van der Waals surface area contributed by atoms with E-state index < -0.39 is 16.1 Å². The van der Waals surface area contributed by atoms with Crippen LogP contribution in [-0.2, 0) is 19.6 Å². The molecule has 1 aliphatic heterocycles. The van der Waals surface area contributed by atoms with E-state index in [9.17, 15) is 18.0 Å². The van der Waals surface area contributed by atoms with Crippen molar-refractivity contribution in [2.75, 3.05) is 43.5 Å². The molecule has 32 heavy (non-hydrogen) atoms. The predicted octanol–water partition coefficient (Wildman–Crippen LogP) is 1.67. The molecule has 1 aliphatic rings. The molecule has 0 radical (unpaired) electrons. The molecule has 0 aromatic heterocycles. The fourth-order valence-corrected chi connectivity index (χ4v) is 4.73. The molecule has 0 spiro atoms. The Balaban J connectivity index is 1.58. The van der Waals surface area contributed by atoms with Crippen LogP contribution in [0.3, 0.4) is 0 Å². The second-order valence-electron chi connectivity index (χ2n) is 7.56. The summed E-state index contributed by atoms with van der Waals surface area (Å²) in [6.45, 7) is 5.18. The van der Waals surface area contributed by atoms with Crippen molar-refractivity contribution in [2.45, 2.75) is 24.8 Å². The molecule has 1 unspecified atom stereocenters. The van der Waals surface area contributed by atoms with Gasteiger partial charge in [0.05, 0.1) is 18.0 Å². The van der Waals surface area contributed by atoms with E-state index in [1.165, 1.54) is 31.2 Å². The molecule has 1 atom stereocenters. The van der Waals surface area contributed by atoms with Gasteiger partial charge >= 0.3 is 0 Å². The number of hydrogen-bond acceptors (Lipinski definition) is 6. The number of ether oxygens (including phenoxy) is 1. The van der Waals surface area contributed by atoms with Crippen LogP contribution in [0.1, 0.15) is 13.8 Å². The van der Waals surface area contributed by atoms with Gasteiger partial charge in [0.2, 0.25) is 21.8 Å². The first-order valence-electron chi connectivity index (χ1n) is 10.3. The molecule has 0 saturated carbocycles. The lowest BCUT2D eigenvalue weighted by molar-refractivity contribution is -0.132. The van der Waals surface area contributed by atoms with Crippen LogP contribution in [-0.4, -0.2) is 64.5 Å². The minimum atomic E-state index is -3.88. The van der Waals surface area contributed by atoms with Crippen LogP contribution in [0.2, 0.25) is 0 Å². The number of benzene rings is 2. The number of carbonyl (C=O) groups is 2. The van der Waals surface area contributed by atoms with Gasteiger partial charge in [0.1, 0.15) is 5.75 Å². The molecule has 1 heterocycles. The molecule has 2 N–H and O–H groups in total. The topological polar surface area (TPSA) is 108 Å². The predicted molar refractivity (Wildman–Crippen MR) is 122 cm³/mol. The summed E-state index contributed by atoms with van der Waals surface area (Å²) >= 11 is 0. The highest BCUT2D eigenvalue weighted by molar-refractivity contribution is 7.89. The highest BCUT2D eigenvalue weighted by atomic mass is 32.2. The normalized spacial score (nSPS) is 15.2. The molecular weight excluding hydrogens is 432 g/mol. The Morgan fingerprint density at radius 1 is 1.03 bits per heavy atom. The number of amides is 2. The van der Waals surface area contributed by atoms with Crippen molar-refractivity contribution in [2.24, 2.45) is 0 Å². The molecule has 0 aliphatic carbocycles. The van der Waals surface area contributed by atoms with Crippen LogP contribution < -0.4 is 19.7 Å². The first kappa shape index (κ1) is 23.6. The number of hydrogen-bond donors (Lipinski definition) is 2. The Labute approximate surface area is 188 Å². The van der Waals surface area contributed by atoms with Gasteiger partial charge in [0, 0.05) is 50.5 Å². The van der Waals surface area contributed by atoms with Gasteiger partial charge in [-0.2, -0.15) is 4.72 Å². The van der Waals surface area contributed by atoms with E-state index in [1.54, 1.807) is 18.9 Å². The van der Waals surface area contributed by atoms with E-state index in [0.29, 0.717) is 31.9 Å². The molecule has 9 nitrogen and oxygen atoms in total. The first-order valence-corrected chi connectivity index (χ1v) is 11.8. The fraction of sp³-hybridized carbons (Fsp3) is 0.364. The van der Waals surface area contributed by atoms with E-state index in [2.05, 4.69) is 14.9 Å². The van der Waals surface area contributed by atoms with Crippen LogP contribution in [0.4, 0.5) is 11.4 Å². The number of nitrogens with zero attached hydrogens (tertiary/aromatic N) is 2. The Morgan fingerprint density at radius 2 is 1.69 bits per heavy atom. The second-order valence-corrected chi connectivity index (χ2v) is 9.28. The Bertz CT molecular complexity index is 1060. The van der Waals surface area contributed by atoms with Gasteiger partial charge in [-0.1, -0.05) is 6.07 Å². The van der Waals surface area contributed by atoms with Crippen molar-refractivity contribution in [1.82, 2.24) is 9.62 Å². The third-order valence-electron chi connectivity index (χ3n) is 5.20. The van der Waals surface area contributed by atoms with E-state index in [-0.39, 0.29) is 16.7 Å².